The van der Waals surface area contributed by atoms with Crippen LogP contribution in [0.15, 0.2) is 6.07 Å². The van der Waals surface area contributed by atoms with Crippen molar-refractivity contribution in [2.75, 3.05) is 23.7 Å². The number of carbonyl (C=O) groups excluding carboxylic acids is 1. The molecular formula is C17H24N4O2S. The fourth-order valence-electron chi connectivity index (χ4n) is 3.21. The van der Waals surface area contributed by atoms with E-state index < -0.39 is 11.5 Å². The van der Waals surface area contributed by atoms with Gasteiger partial charge in [0.05, 0.1) is 11.3 Å². The zero-order valence-electron chi connectivity index (χ0n) is 14.1. The lowest BCUT2D eigenvalue weighted by Crippen LogP contribution is -2.42. The average molecular weight is 348 g/mol. The molecule has 2 aromatic rings. The summed E-state index contributed by atoms with van der Waals surface area (Å²) < 4.78 is 0. The minimum Gasteiger partial charge on any atom is -0.397 e. The number of pyridine rings is 1. The Labute approximate surface area is 145 Å². The monoisotopic (exact) mass is 348 g/mol. The van der Waals surface area contributed by atoms with Crippen LogP contribution < -0.4 is 16.4 Å². The van der Waals surface area contributed by atoms with Gasteiger partial charge >= 0.3 is 0 Å². The molecule has 7 heteroatoms. The first-order valence-electron chi connectivity index (χ1n) is 8.31. The number of thiophene rings is 1. The third-order valence-electron chi connectivity index (χ3n) is 4.67. The van der Waals surface area contributed by atoms with E-state index >= 15 is 0 Å². The molecule has 1 aliphatic heterocycles. The maximum absolute atomic E-state index is 11.6. The predicted octanol–water partition coefficient (Wildman–Crippen LogP) is 2.28. The maximum atomic E-state index is 11.6. The molecule has 0 aliphatic carbocycles. The molecule has 3 heterocycles. The van der Waals surface area contributed by atoms with Crippen molar-refractivity contribution >= 4 is 39.0 Å². The van der Waals surface area contributed by atoms with Gasteiger partial charge < -0.3 is 21.5 Å². The largest absolute Gasteiger partial charge is 0.397 e. The fourth-order valence-corrected chi connectivity index (χ4v) is 4.20. The molecule has 1 fully saturated rings. The lowest BCUT2D eigenvalue weighted by molar-refractivity contribution is 0.0350. The standard InChI is InChI=1S/C17H24N4O2S/c1-3-4-10-9-11(21-7-5-17(2,23)6-8-21)20-16-12(10)13(18)14(24-16)15(19)22/h9,23H,3-8,18H2,1-2H3,(H2,19,22). The second-order valence-electron chi connectivity index (χ2n) is 6.76. The molecule has 0 aromatic carbocycles. The fraction of sp³-hybridized carbons (Fsp3) is 0.529. The van der Waals surface area contributed by atoms with E-state index in [9.17, 15) is 9.90 Å². The Hall–Kier alpha value is -1.86. The number of nitrogens with two attached hydrogens (primary N) is 2. The zero-order valence-corrected chi connectivity index (χ0v) is 14.9. The highest BCUT2D eigenvalue weighted by Gasteiger charge is 2.28. The smallest absolute Gasteiger partial charge is 0.260 e. The Balaban J connectivity index is 2.05. The average Bonchev–Trinajstić information content (AvgIpc) is 2.85. The van der Waals surface area contributed by atoms with Crippen LogP contribution in [0.4, 0.5) is 11.5 Å². The van der Waals surface area contributed by atoms with Crippen molar-refractivity contribution in [3.8, 4) is 0 Å². The maximum Gasteiger partial charge on any atom is 0.260 e. The van der Waals surface area contributed by atoms with E-state index in [4.69, 9.17) is 16.5 Å². The molecule has 3 rings (SSSR count). The molecule has 2 aromatic heterocycles. The third kappa shape index (κ3) is 3.06. The predicted molar refractivity (Wildman–Crippen MR) is 98.6 cm³/mol. The molecule has 0 radical (unpaired) electrons. The van der Waals surface area contributed by atoms with E-state index in [2.05, 4.69) is 17.9 Å². The summed E-state index contributed by atoms with van der Waals surface area (Å²) in [5, 5.41) is 11.0. The summed E-state index contributed by atoms with van der Waals surface area (Å²) in [5.41, 5.74) is 12.6. The first-order chi connectivity index (χ1) is 11.3. The molecule has 0 atom stereocenters. The molecule has 130 valence electrons. The number of hydrogen-bond donors (Lipinski definition) is 3. The van der Waals surface area contributed by atoms with Crippen LogP contribution in [-0.2, 0) is 6.42 Å². The molecule has 1 saturated heterocycles. The van der Waals surface area contributed by atoms with Crippen molar-refractivity contribution in [2.24, 2.45) is 5.73 Å². The number of fused-ring (bicyclic) bond motifs is 1. The number of aliphatic hydroxyl groups is 1. The number of piperidine rings is 1. The second-order valence-corrected chi connectivity index (χ2v) is 7.76. The molecule has 1 amide bonds. The lowest BCUT2D eigenvalue weighted by Gasteiger charge is -2.36. The van der Waals surface area contributed by atoms with Gasteiger partial charge in [-0.1, -0.05) is 13.3 Å². The van der Waals surface area contributed by atoms with Crippen LogP contribution in [0.3, 0.4) is 0 Å². The molecule has 24 heavy (non-hydrogen) atoms. The highest BCUT2D eigenvalue weighted by atomic mass is 32.1. The van der Waals surface area contributed by atoms with E-state index in [0.29, 0.717) is 10.6 Å². The molecule has 5 N–H and O–H groups in total. The lowest BCUT2D eigenvalue weighted by atomic mass is 9.94. The Morgan fingerprint density at radius 2 is 2.12 bits per heavy atom. The number of amides is 1. The summed E-state index contributed by atoms with van der Waals surface area (Å²) in [5.74, 6) is 0.382. The number of carbonyl (C=O) groups is 1. The normalized spacial score (nSPS) is 17.4. The minimum absolute atomic E-state index is 0.383. The van der Waals surface area contributed by atoms with Crippen LogP contribution in [0.2, 0.25) is 0 Å². The molecule has 0 unspecified atom stereocenters. The van der Waals surface area contributed by atoms with E-state index in [1.807, 2.05) is 6.92 Å². The van der Waals surface area contributed by atoms with E-state index in [1.54, 1.807) is 0 Å². The summed E-state index contributed by atoms with van der Waals surface area (Å²) in [6, 6.07) is 2.07. The highest BCUT2D eigenvalue weighted by molar-refractivity contribution is 7.21. The van der Waals surface area contributed by atoms with Gasteiger partial charge in [0.15, 0.2) is 0 Å². The van der Waals surface area contributed by atoms with Crippen molar-refractivity contribution in [1.29, 1.82) is 0 Å². The first-order valence-corrected chi connectivity index (χ1v) is 9.13. The van der Waals surface area contributed by atoms with Crippen molar-refractivity contribution in [1.82, 2.24) is 4.98 Å². The molecule has 0 bridgehead atoms. The topological polar surface area (TPSA) is 105 Å². The van der Waals surface area contributed by atoms with Crippen LogP contribution in [0, 0.1) is 0 Å². The molecule has 0 saturated carbocycles. The van der Waals surface area contributed by atoms with Crippen molar-refractivity contribution in [3.05, 3.63) is 16.5 Å². The van der Waals surface area contributed by atoms with Crippen LogP contribution in [0.5, 0.6) is 0 Å². The van der Waals surface area contributed by atoms with Gasteiger partial charge in [-0.3, -0.25) is 4.79 Å². The summed E-state index contributed by atoms with van der Waals surface area (Å²) in [7, 11) is 0. The van der Waals surface area contributed by atoms with Gasteiger partial charge in [-0.15, -0.1) is 11.3 Å². The van der Waals surface area contributed by atoms with Crippen molar-refractivity contribution < 1.29 is 9.90 Å². The number of aryl methyl sites for hydroxylation is 1. The molecule has 1 aliphatic rings. The highest BCUT2D eigenvalue weighted by Crippen LogP contribution is 2.37. The number of anilines is 2. The summed E-state index contributed by atoms with van der Waals surface area (Å²) in [6.45, 7) is 5.52. The SMILES string of the molecule is CCCc1cc(N2CCC(C)(O)CC2)nc2sc(C(N)=O)c(N)c12. The zero-order chi connectivity index (χ0) is 17.5. The summed E-state index contributed by atoms with van der Waals surface area (Å²) in [6.07, 6.45) is 3.29. The number of rotatable bonds is 4. The number of hydrogen-bond acceptors (Lipinski definition) is 6. The Morgan fingerprint density at radius 1 is 1.46 bits per heavy atom. The van der Waals surface area contributed by atoms with Gasteiger partial charge in [0.2, 0.25) is 0 Å². The Kier molecular flexibility index (Phi) is 4.40. The number of primary amides is 1. The van der Waals surface area contributed by atoms with Gasteiger partial charge in [-0.05, 0) is 37.8 Å². The molecular weight excluding hydrogens is 324 g/mol. The molecule has 0 spiro atoms. The van der Waals surface area contributed by atoms with Gasteiger partial charge in [-0.2, -0.15) is 0 Å². The van der Waals surface area contributed by atoms with Gasteiger partial charge in [-0.25, -0.2) is 4.98 Å². The summed E-state index contributed by atoms with van der Waals surface area (Å²) >= 11 is 1.26. The van der Waals surface area contributed by atoms with Crippen molar-refractivity contribution in [2.45, 2.75) is 45.1 Å². The third-order valence-corrected chi connectivity index (χ3v) is 5.79. The first kappa shape index (κ1) is 17.0. The quantitative estimate of drug-likeness (QED) is 0.786. The number of nitrogen functional groups attached to an aromatic ring is 1. The van der Waals surface area contributed by atoms with Gasteiger partial charge in [0.1, 0.15) is 15.5 Å². The van der Waals surface area contributed by atoms with Crippen LogP contribution in [0.1, 0.15) is 48.3 Å². The summed E-state index contributed by atoms with van der Waals surface area (Å²) in [4.78, 5) is 19.7. The number of nitrogens with zero attached hydrogens (tertiary/aromatic N) is 2. The Bertz CT molecular complexity index is 774. The minimum atomic E-state index is -0.598. The van der Waals surface area contributed by atoms with Crippen molar-refractivity contribution in [3.63, 3.8) is 0 Å². The number of aromatic nitrogens is 1. The van der Waals surface area contributed by atoms with E-state index in [1.165, 1.54) is 11.3 Å². The van der Waals surface area contributed by atoms with Gasteiger partial charge in [0, 0.05) is 18.5 Å². The van der Waals surface area contributed by atoms with Crippen LogP contribution in [-0.4, -0.2) is 34.7 Å². The van der Waals surface area contributed by atoms with Gasteiger partial charge in [0.25, 0.3) is 5.91 Å². The second kappa shape index (κ2) is 6.22. The Morgan fingerprint density at radius 3 is 2.71 bits per heavy atom. The molecule has 6 nitrogen and oxygen atoms in total. The van der Waals surface area contributed by atoms with E-state index in [-0.39, 0.29) is 0 Å². The van der Waals surface area contributed by atoms with Crippen LogP contribution in [0.25, 0.3) is 10.2 Å². The van der Waals surface area contributed by atoms with Crippen LogP contribution >= 0.6 is 11.3 Å². The van der Waals surface area contributed by atoms with E-state index in [0.717, 1.165) is 60.4 Å².